The number of rotatable bonds is 1. The van der Waals surface area contributed by atoms with Gasteiger partial charge in [0.1, 0.15) is 0 Å². The largest absolute Gasteiger partial charge is 0.377 e. The molecule has 1 N–H and O–H groups in total. The monoisotopic (exact) mass is 227 g/mol. The number of carbonyl (C=O) groups is 1. The maximum absolute atomic E-state index is 10.3. The molecule has 0 atom stereocenters. The molecule has 1 fully saturated rings. The van der Waals surface area contributed by atoms with E-state index in [9.17, 15) is 4.79 Å². The number of hydrogen-bond acceptors (Lipinski definition) is 2. The molecular formula is C4H6INO2. The standard InChI is InChI=1S/C4H6INO2/c5-4(7)6-3-1-8-2-3/h3H,1-2H2,(H,6,7). The predicted molar refractivity (Wildman–Crippen MR) is 37.2 cm³/mol. The predicted octanol–water partition coefficient (Wildman–Crippen LogP) is 0.530. The van der Waals surface area contributed by atoms with E-state index in [-0.39, 0.29) is 9.96 Å². The summed E-state index contributed by atoms with van der Waals surface area (Å²) in [6, 6.07) is 0.277. The Kier molecular flexibility index (Phi) is 2.07. The Hall–Kier alpha value is 0.160. The van der Waals surface area contributed by atoms with E-state index in [0.717, 1.165) is 0 Å². The van der Waals surface area contributed by atoms with Gasteiger partial charge in [0.15, 0.2) is 0 Å². The number of ether oxygens (including phenoxy) is 1. The van der Waals surface area contributed by atoms with Crippen LogP contribution in [0, 0.1) is 0 Å². The molecule has 4 heteroatoms. The third-order valence-corrected chi connectivity index (χ3v) is 1.27. The molecule has 0 aromatic heterocycles. The molecule has 1 heterocycles. The highest BCUT2D eigenvalue weighted by atomic mass is 127. The number of halogens is 1. The van der Waals surface area contributed by atoms with Gasteiger partial charge in [-0.05, 0) is 0 Å². The fraction of sp³-hybridized carbons (Fsp3) is 0.750. The first-order valence-corrected chi connectivity index (χ1v) is 3.40. The van der Waals surface area contributed by atoms with Crippen molar-refractivity contribution in [3.05, 3.63) is 0 Å². The second-order valence-electron chi connectivity index (χ2n) is 1.65. The number of hydrogen-bond donors (Lipinski definition) is 1. The summed E-state index contributed by atoms with van der Waals surface area (Å²) in [4.78, 5) is 10.3. The van der Waals surface area contributed by atoms with Gasteiger partial charge in [-0.25, -0.2) is 0 Å². The van der Waals surface area contributed by atoms with Gasteiger partial charge in [0, 0.05) is 22.6 Å². The molecule has 1 rings (SSSR count). The molecule has 0 aromatic rings. The minimum Gasteiger partial charge on any atom is -0.377 e. The van der Waals surface area contributed by atoms with Crippen LogP contribution in [0.1, 0.15) is 0 Å². The van der Waals surface area contributed by atoms with Crippen molar-refractivity contribution < 1.29 is 9.53 Å². The maximum atomic E-state index is 10.3. The van der Waals surface area contributed by atoms with Crippen molar-refractivity contribution in [2.75, 3.05) is 13.2 Å². The summed E-state index contributed by atoms with van der Waals surface area (Å²) in [6.07, 6.45) is 0. The first kappa shape index (κ1) is 6.28. The Balaban J connectivity index is 2.09. The van der Waals surface area contributed by atoms with E-state index in [1.807, 2.05) is 0 Å². The average molecular weight is 227 g/mol. The van der Waals surface area contributed by atoms with E-state index < -0.39 is 0 Å². The lowest BCUT2D eigenvalue weighted by atomic mass is 10.3. The SMILES string of the molecule is O=C(I)NC1COC1. The van der Waals surface area contributed by atoms with Crippen molar-refractivity contribution in [2.45, 2.75) is 6.04 Å². The number of nitrogens with one attached hydrogen (secondary N) is 1. The molecule has 8 heavy (non-hydrogen) atoms. The Labute approximate surface area is 60.9 Å². The van der Waals surface area contributed by atoms with Crippen LogP contribution in [0.2, 0.25) is 0 Å². The lowest BCUT2D eigenvalue weighted by Gasteiger charge is -2.25. The van der Waals surface area contributed by atoms with Gasteiger partial charge < -0.3 is 10.1 Å². The highest BCUT2D eigenvalue weighted by Crippen LogP contribution is 2.00. The summed E-state index contributed by atoms with van der Waals surface area (Å²) < 4.78 is 4.81. The van der Waals surface area contributed by atoms with Crippen LogP contribution < -0.4 is 5.32 Å². The average Bonchev–Trinajstić information content (AvgIpc) is 1.55. The second-order valence-corrected chi connectivity index (χ2v) is 2.63. The van der Waals surface area contributed by atoms with Gasteiger partial charge in [0.05, 0.1) is 19.3 Å². The molecule has 46 valence electrons. The highest BCUT2D eigenvalue weighted by Gasteiger charge is 2.18. The van der Waals surface area contributed by atoms with Gasteiger partial charge in [0.2, 0.25) is 0 Å². The fourth-order valence-corrected chi connectivity index (χ4v) is 0.920. The number of amides is 1. The topological polar surface area (TPSA) is 38.3 Å². The van der Waals surface area contributed by atoms with E-state index >= 15 is 0 Å². The zero-order valence-electron chi connectivity index (χ0n) is 4.19. The van der Waals surface area contributed by atoms with Gasteiger partial charge in [-0.15, -0.1) is 0 Å². The molecule has 1 aliphatic heterocycles. The van der Waals surface area contributed by atoms with E-state index in [1.165, 1.54) is 0 Å². The second kappa shape index (κ2) is 2.63. The molecule has 1 aliphatic rings. The summed E-state index contributed by atoms with van der Waals surface area (Å²) in [5.74, 6) is 0. The first-order valence-electron chi connectivity index (χ1n) is 2.33. The number of carbonyl (C=O) groups excluding carboxylic acids is 1. The lowest BCUT2D eigenvalue weighted by Crippen LogP contribution is -2.46. The van der Waals surface area contributed by atoms with Crippen molar-refractivity contribution in [1.29, 1.82) is 0 Å². The van der Waals surface area contributed by atoms with Crippen LogP contribution in [-0.2, 0) is 4.74 Å². The van der Waals surface area contributed by atoms with Crippen molar-refractivity contribution in [3.63, 3.8) is 0 Å². The van der Waals surface area contributed by atoms with Crippen LogP contribution in [0.4, 0.5) is 4.79 Å². The molecule has 0 radical (unpaired) electrons. The van der Waals surface area contributed by atoms with E-state index in [1.54, 1.807) is 22.6 Å². The molecule has 3 nitrogen and oxygen atoms in total. The molecule has 1 amide bonds. The summed E-state index contributed by atoms with van der Waals surface area (Å²) in [5.41, 5.74) is 0. The molecule has 0 aliphatic carbocycles. The third kappa shape index (κ3) is 1.59. The van der Waals surface area contributed by atoms with Crippen LogP contribution in [0.25, 0.3) is 0 Å². The molecule has 0 spiro atoms. The van der Waals surface area contributed by atoms with Gasteiger partial charge in [0.25, 0.3) is 3.91 Å². The van der Waals surface area contributed by atoms with Crippen LogP contribution in [0.5, 0.6) is 0 Å². The Morgan fingerprint density at radius 3 is 2.50 bits per heavy atom. The Morgan fingerprint density at radius 2 is 2.38 bits per heavy atom. The van der Waals surface area contributed by atoms with E-state index in [4.69, 9.17) is 4.74 Å². The van der Waals surface area contributed by atoms with Gasteiger partial charge >= 0.3 is 0 Å². The lowest BCUT2D eigenvalue weighted by molar-refractivity contribution is 0.00159. The van der Waals surface area contributed by atoms with Crippen molar-refractivity contribution in [2.24, 2.45) is 0 Å². The Morgan fingerprint density at radius 1 is 1.75 bits per heavy atom. The summed E-state index contributed by atoms with van der Waals surface area (Å²) >= 11 is 1.71. The highest BCUT2D eigenvalue weighted by molar-refractivity contribution is 14.1. The van der Waals surface area contributed by atoms with Crippen LogP contribution in [-0.4, -0.2) is 23.2 Å². The minimum absolute atomic E-state index is 0.00380. The first-order chi connectivity index (χ1) is 3.79. The quantitative estimate of drug-likeness (QED) is 0.403. The van der Waals surface area contributed by atoms with E-state index in [0.29, 0.717) is 13.2 Å². The fourth-order valence-electron chi connectivity index (χ4n) is 0.480. The molecule has 0 unspecified atom stereocenters. The van der Waals surface area contributed by atoms with Crippen LogP contribution in [0.3, 0.4) is 0 Å². The summed E-state index contributed by atoms with van der Waals surface area (Å²) in [7, 11) is 0. The zero-order valence-corrected chi connectivity index (χ0v) is 6.34. The maximum Gasteiger partial charge on any atom is 0.281 e. The van der Waals surface area contributed by atoms with Crippen LogP contribution in [0.15, 0.2) is 0 Å². The molecular weight excluding hydrogens is 221 g/mol. The minimum atomic E-state index is -0.00380. The summed E-state index contributed by atoms with van der Waals surface area (Å²) in [6.45, 7) is 1.35. The van der Waals surface area contributed by atoms with Crippen molar-refractivity contribution in [3.8, 4) is 0 Å². The normalized spacial score (nSPS) is 19.6. The van der Waals surface area contributed by atoms with Gasteiger partial charge in [-0.3, -0.25) is 4.79 Å². The molecule has 0 bridgehead atoms. The smallest absolute Gasteiger partial charge is 0.281 e. The molecule has 0 aromatic carbocycles. The molecule has 1 saturated heterocycles. The van der Waals surface area contributed by atoms with Crippen molar-refractivity contribution in [1.82, 2.24) is 5.32 Å². The summed E-state index contributed by atoms with van der Waals surface area (Å²) in [5, 5.41) is 2.70. The molecule has 0 saturated carbocycles. The van der Waals surface area contributed by atoms with E-state index in [2.05, 4.69) is 5.32 Å². The zero-order chi connectivity index (χ0) is 5.98. The van der Waals surface area contributed by atoms with Crippen LogP contribution >= 0.6 is 22.6 Å². The van der Waals surface area contributed by atoms with Gasteiger partial charge in [-0.1, -0.05) is 0 Å². The third-order valence-electron chi connectivity index (χ3n) is 0.956. The van der Waals surface area contributed by atoms with Crippen molar-refractivity contribution >= 4 is 26.5 Å². The van der Waals surface area contributed by atoms with Gasteiger partial charge in [-0.2, -0.15) is 0 Å². The Bertz CT molecular complexity index is 102.